The number of nitriles is 1. The topological polar surface area (TPSA) is 128 Å². The molecule has 0 radical (unpaired) electrons. The fraction of sp³-hybridized carbons (Fsp3) is 0.235. The quantitative estimate of drug-likeness (QED) is 0.647. The van der Waals surface area contributed by atoms with Crippen LogP contribution in [0.1, 0.15) is 29.4 Å². The van der Waals surface area contributed by atoms with Crippen molar-refractivity contribution in [3.8, 4) is 11.8 Å². The lowest BCUT2D eigenvalue weighted by molar-refractivity contribution is 0.0593. The van der Waals surface area contributed by atoms with Gasteiger partial charge in [-0.1, -0.05) is 6.92 Å². The maximum Gasteiger partial charge on any atom is 0.357 e. The van der Waals surface area contributed by atoms with E-state index >= 15 is 0 Å². The number of esters is 1. The highest BCUT2D eigenvalue weighted by molar-refractivity contribution is 7.93. The Labute approximate surface area is 159 Å². The molecule has 0 saturated heterocycles. The average molecular weight is 404 g/mol. The first-order valence-electron chi connectivity index (χ1n) is 7.95. The fourth-order valence-electron chi connectivity index (χ4n) is 2.65. The Balaban J connectivity index is 2.17. The number of hydrogen-bond acceptors (Lipinski definition) is 8. The maximum absolute atomic E-state index is 12.3. The van der Waals surface area contributed by atoms with Gasteiger partial charge in [0.1, 0.15) is 6.07 Å². The van der Waals surface area contributed by atoms with Crippen molar-refractivity contribution >= 4 is 43.0 Å². The summed E-state index contributed by atoms with van der Waals surface area (Å²) in [5, 5.41) is 9.20. The number of methoxy groups -OCH3 is 1. The number of thiazole rings is 1. The summed E-state index contributed by atoms with van der Waals surface area (Å²) in [6.07, 6.45) is 1.95. The van der Waals surface area contributed by atoms with E-state index in [1.54, 1.807) is 25.1 Å². The molecule has 0 unspecified atom stereocenters. The van der Waals surface area contributed by atoms with Crippen LogP contribution in [0.2, 0.25) is 0 Å². The molecule has 0 amide bonds. The Morgan fingerprint density at radius 1 is 1.44 bits per heavy atom. The zero-order valence-electron chi connectivity index (χ0n) is 14.6. The second-order valence-corrected chi connectivity index (χ2v) is 9.04. The highest BCUT2D eigenvalue weighted by atomic mass is 32.2. The number of benzene rings is 1. The molecule has 0 aliphatic rings. The number of ether oxygens (including phenoxy) is 1. The molecule has 2 N–H and O–H groups in total. The van der Waals surface area contributed by atoms with Crippen molar-refractivity contribution < 1.29 is 17.9 Å². The number of carbonyl (C=O) groups is 1. The molecule has 0 aliphatic carbocycles. The van der Waals surface area contributed by atoms with Crippen molar-refractivity contribution in [3.05, 3.63) is 35.7 Å². The van der Waals surface area contributed by atoms with Crippen molar-refractivity contribution in [2.45, 2.75) is 17.7 Å². The predicted molar refractivity (Wildman–Crippen MR) is 102 cm³/mol. The molecule has 10 heteroatoms. The summed E-state index contributed by atoms with van der Waals surface area (Å²) in [6.45, 7) is 1.79. The number of fused-ring (bicyclic) bond motifs is 1. The molecule has 0 aliphatic heterocycles. The van der Waals surface area contributed by atoms with Crippen LogP contribution in [-0.2, 0) is 14.6 Å². The second kappa shape index (κ2) is 7.02. The monoisotopic (exact) mass is 404 g/mol. The van der Waals surface area contributed by atoms with Gasteiger partial charge in [-0.2, -0.15) is 5.26 Å². The third-order valence-electron chi connectivity index (χ3n) is 3.91. The first kappa shape index (κ1) is 18.9. The van der Waals surface area contributed by atoms with Gasteiger partial charge in [0.25, 0.3) is 0 Å². The Morgan fingerprint density at radius 3 is 2.81 bits per heavy atom. The molecule has 3 aromatic rings. The van der Waals surface area contributed by atoms with E-state index in [0.29, 0.717) is 22.3 Å². The Morgan fingerprint density at radius 2 is 2.19 bits per heavy atom. The van der Waals surface area contributed by atoms with Gasteiger partial charge < -0.3 is 15.0 Å². The highest BCUT2D eigenvalue weighted by Crippen LogP contribution is 2.31. The Kier molecular flexibility index (Phi) is 4.91. The summed E-state index contributed by atoms with van der Waals surface area (Å²) in [6, 6.07) is 6.97. The van der Waals surface area contributed by atoms with Crippen LogP contribution in [0, 0.1) is 11.3 Å². The molecule has 0 saturated carbocycles. The van der Waals surface area contributed by atoms with E-state index in [2.05, 4.69) is 4.98 Å². The third kappa shape index (κ3) is 3.27. The number of carbonyl (C=O) groups excluding carboxylic acids is 1. The van der Waals surface area contributed by atoms with Crippen LogP contribution in [0.15, 0.2) is 28.7 Å². The molecule has 8 nitrogen and oxygen atoms in total. The molecule has 0 fully saturated rings. The van der Waals surface area contributed by atoms with Gasteiger partial charge in [0.15, 0.2) is 5.69 Å². The summed E-state index contributed by atoms with van der Waals surface area (Å²) >= 11 is 1.06. The second-order valence-electron chi connectivity index (χ2n) is 5.73. The van der Waals surface area contributed by atoms with Gasteiger partial charge in [-0.3, -0.25) is 0 Å². The predicted octanol–water partition coefficient (Wildman–Crippen LogP) is 2.51. The SMILES string of the molecule is CCCS(=O)(=O)c1nc2ccc(-n3cc(C#N)c(N)c3C(=O)OC)cc2s1. The van der Waals surface area contributed by atoms with Gasteiger partial charge in [-0.05, 0) is 24.6 Å². The Hall–Kier alpha value is -2.90. The standard InChI is InChI=1S/C17H16N4O4S2/c1-3-6-27(23,24)17-20-12-5-4-11(7-13(12)26-17)21-9-10(8-18)14(19)15(21)16(22)25-2/h4-5,7,9H,3,6,19H2,1-2H3. The first-order valence-corrected chi connectivity index (χ1v) is 10.4. The minimum Gasteiger partial charge on any atom is -0.464 e. The van der Waals surface area contributed by atoms with E-state index < -0.39 is 15.8 Å². The Bertz CT molecular complexity index is 1190. The van der Waals surface area contributed by atoms with Gasteiger partial charge in [0, 0.05) is 11.9 Å². The summed E-state index contributed by atoms with van der Waals surface area (Å²) in [5.74, 6) is -0.643. The number of sulfone groups is 1. The molecule has 140 valence electrons. The summed E-state index contributed by atoms with van der Waals surface area (Å²) in [4.78, 5) is 16.3. The largest absolute Gasteiger partial charge is 0.464 e. The smallest absolute Gasteiger partial charge is 0.357 e. The van der Waals surface area contributed by atoms with Crippen LogP contribution in [0.4, 0.5) is 5.69 Å². The molecule has 27 heavy (non-hydrogen) atoms. The fourth-order valence-corrected chi connectivity index (χ4v) is 5.36. The van der Waals surface area contributed by atoms with Crippen LogP contribution in [0.3, 0.4) is 0 Å². The van der Waals surface area contributed by atoms with Crippen molar-refractivity contribution in [2.75, 3.05) is 18.6 Å². The van der Waals surface area contributed by atoms with Gasteiger partial charge in [0.2, 0.25) is 14.2 Å². The van der Waals surface area contributed by atoms with E-state index in [4.69, 9.17) is 10.5 Å². The van der Waals surface area contributed by atoms with Crippen molar-refractivity contribution in [1.82, 2.24) is 9.55 Å². The van der Waals surface area contributed by atoms with E-state index in [0.717, 1.165) is 11.3 Å². The maximum atomic E-state index is 12.3. The van der Waals surface area contributed by atoms with E-state index in [1.807, 2.05) is 6.07 Å². The van der Waals surface area contributed by atoms with Gasteiger partial charge in [-0.25, -0.2) is 18.2 Å². The van der Waals surface area contributed by atoms with Crippen LogP contribution in [0.5, 0.6) is 0 Å². The van der Waals surface area contributed by atoms with Crippen LogP contribution in [-0.4, -0.2) is 36.8 Å². The third-order valence-corrected chi connectivity index (χ3v) is 7.31. The number of aromatic nitrogens is 2. The summed E-state index contributed by atoms with van der Waals surface area (Å²) in [5.41, 5.74) is 7.19. The highest BCUT2D eigenvalue weighted by Gasteiger charge is 2.23. The number of nitrogen functional groups attached to an aromatic ring is 1. The van der Waals surface area contributed by atoms with Gasteiger partial charge in [-0.15, -0.1) is 11.3 Å². The first-order chi connectivity index (χ1) is 12.8. The minimum absolute atomic E-state index is 0.0277. The van der Waals surface area contributed by atoms with Gasteiger partial charge >= 0.3 is 5.97 Å². The zero-order valence-corrected chi connectivity index (χ0v) is 16.2. The molecule has 2 heterocycles. The molecule has 0 atom stereocenters. The number of hydrogen-bond donors (Lipinski definition) is 1. The van der Waals surface area contributed by atoms with E-state index in [1.165, 1.54) is 17.9 Å². The molecule has 2 aromatic heterocycles. The van der Waals surface area contributed by atoms with Crippen LogP contribution in [0.25, 0.3) is 15.9 Å². The molecular formula is C17H16N4O4S2. The zero-order chi connectivity index (χ0) is 19.8. The lowest BCUT2D eigenvalue weighted by atomic mass is 10.2. The summed E-state index contributed by atoms with van der Waals surface area (Å²) in [7, 11) is -2.19. The van der Waals surface area contributed by atoms with E-state index in [-0.39, 0.29) is 27.0 Å². The normalized spacial score (nSPS) is 11.4. The van der Waals surface area contributed by atoms with Gasteiger partial charge in [0.05, 0.1) is 34.3 Å². The molecule has 0 spiro atoms. The van der Waals surface area contributed by atoms with E-state index in [9.17, 15) is 18.5 Å². The van der Waals surface area contributed by atoms with Crippen LogP contribution < -0.4 is 5.73 Å². The van der Waals surface area contributed by atoms with Crippen molar-refractivity contribution in [1.29, 1.82) is 5.26 Å². The molecule has 1 aromatic carbocycles. The number of nitrogens with two attached hydrogens (primary N) is 1. The lowest BCUT2D eigenvalue weighted by Crippen LogP contribution is -2.11. The average Bonchev–Trinajstić information content (AvgIpc) is 3.21. The number of nitrogens with zero attached hydrogens (tertiary/aromatic N) is 3. The van der Waals surface area contributed by atoms with Crippen molar-refractivity contribution in [2.24, 2.45) is 0 Å². The van der Waals surface area contributed by atoms with Crippen LogP contribution >= 0.6 is 11.3 Å². The summed E-state index contributed by atoms with van der Waals surface area (Å²) < 4.78 is 31.4. The number of anilines is 1. The minimum atomic E-state index is -3.42. The van der Waals surface area contributed by atoms with Crippen molar-refractivity contribution in [3.63, 3.8) is 0 Å². The number of rotatable bonds is 5. The molecular weight excluding hydrogens is 388 g/mol. The lowest BCUT2D eigenvalue weighted by Gasteiger charge is -2.08. The molecule has 0 bridgehead atoms. The molecule has 3 rings (SSSR count).